The molecule has 0 radical (unpaired) electrons. The number of fused-ring (bicyclic) bond motifs is 5. The molecule has 4 nitrogen and oxygen atoms in total. The van der Waals surface area contributed by atoms with Crippen molar-refractivity contribution in [2.75, 3.05) is 6.54 Å². The van der Waals surface area contributed by atoms with E-state index in [0.717, 1.165) is 49.4 Å². The van der Waals surface area contributed by atoms with Gasteiger partial charge in [-0.15, -0.1) is 0 Å². The lowest BCUT2D eigenvalue weighted by Gasteiger charge is -2.63. The van der Waals surface area contributed by atoms with Gasteiger partial charge in [-0.3, -0.25) is 4.72 Å². The summed E-state index contributed by atoms with van der Waals surface area (Å²) in [7, 11) is 0. The highest BCUT2D eigenvalue weighted by atomic mass is 32.2. The van der Waals surface area contributed by atoms with E-state index in [2.05, 4.69) is 26.1 Å². The number of hydrogen-bond acceptors (Lipinski definition) is 3. The summed E-state index contributed by atoms with van der Waals surface area (Å²) in [4.78, 5) is 11.6. The zero-order chi connectivity index (χ0) is 24.7. The number of alkyl halides is 3. The Balaban J connectivity index is 1.34. The molecule has 0 saturated heterocycles. The van der Waals surface area contributed by atoms with Gasteiger partial charge >= 0.3 is 11.5 Å². The van der Waals surface area contributed by atoms with Gasteiger partial charge in [-0.25, -0.2) is 4.79 Å². The molecule has 9 atom stereocenters. The zero-order valence-electron chi connectivity index (χ0n) is 20.9. The molecule has 0 bridgehead atoms. The van der Waals surface area contributed by atoms with Crippen molar-refractivity contribution in [2.45, 2.75) is 103 Å². The summed E-state index contributed by atoms with van der Waals surface area (Å²) in [5.41, 5.74) is -3.76. The van der Waals surface area contributed by atoms with Crippen molar-refractivity contribution in [3.05, 3.63) is 0 Å². The lowest BCUT2D eigenvalue weighted by Crippen LogP contribution is -2.56. The Kier molecular flexibility index (Phi) is 7.79. The second-order valence-corrected chi connectivity index (χ2v) is 13.1. The Hall–Kier alpha value is -0.630. The first-order chi connectivity index (χ1) is 16.0. The fraction of sp³-hybridized carbons (Fsp3) is 0.962. The monoisotopic (exact) mass is 504 g/mol. The maximum Gasteiger partial charge on any atom is 0.461 e. The third-order valence-electron chi connectivity index (χ3n) is 10.8. The summed E-state index contributed by atoms with van der Waals surface area (Å²) in [5.74, 6) is 4.34. The van der Waals surface area contributed by atoms with Crippen LogP contribution in [-0.4, -0.2) is 29.3 Å². The van der Waals surface area contributed by atoms with Crippen molar-refractivity contribution < 1.29 is 23.1 Å². The van der Waals surface area contributed by atoms with Gasteiger partial charge in [0.15, 0.2) is 0 Å². The van der Waals surface area contributed by atoms with E-state index in [1.54, 1.807) is 4.72 Å². The Labute approximate surface area is 207 Å². The summed E-state index contributed by atoms with van der Waals surface area (Å²) in [6.45, 7) is 7.80. The van der Waals surface area contributed by atoms with Gasteiger partial charge in [-0.05, 0) is 111 Å². The summed E-state index contributed by atoms with van der Waals surface area (Å²) >= 11 is -0.517. The summed E-state index contributed by atoms with van der Waals surface area (Å²) in [5, 5.41) is 13.0. The van der Waals surface area contributed by atoms with Crippen LogP contribution in [0.5, 0.6) is 0 Å². The third kappa shape index (κ3) is 5.09. The van der Waals surface area contributed by atoms with Gasteiger partial charge in [0, 0.05) is 6.54 Å². The van der Waals surface area contributed by atoms with Crippen LogP contribution in [0.15, 0.2) is 0 Å². The fourth-order valence-corrected chi connectivity index (χ4v) is 9.49. The highest BCUT2D eigenvalue weighted by Crippen LogP contribution is 2.69. The number of aliphatic hydroxyl groups is 1. The minimum absolute atomic E-state index is 0.115. The quantitative estimate of drug-likeness (QED) is 0.273. The highest BCUT2D eigenvalue weighted by molar-refractivity contribution is 7.98. The van der Waals surface area contributed by atoms with Gasteiger partial charge < -0.3 is 10.4 Å². The Morgan fingerprint density at radius 3 is 2.44 bits per heavy atom. The molecule has 0 heterocycles. The van der Waals surface area contributed by atoms with Crippen molar-refractivity contribution in [1.29, 1.82) is 0 Å². The average Bonchev–Trinajstić information content (AvgIpc) is 3.11. The van der Waals surface area contributed by atoms with E-state index in [4.69, 9.17) is 0 Å². The molecule has 4 rings (SSSR count). The van der Waals surface area contributed by atoms with Crippen LogP contribution in [0.25, 0.3) is 0 Å². The standard InChI is InChI=1S/C26H43F3N2O2S/c1-4-16-14-19-20-8-7-17(6-5-13-30-23(33)31-34-26(27,28)29)24(20,2)12-10-21(19)25(3)11-9-18(32)15-22(16)25/h16-22,32H,4-15H2,1-3H3,(H2,30,31,33)/t16-,17-,18+,19?,20?,21-,22?,24?,25?/m0/s1. The molecule has 0 aromatic heterocycles. The van der Waals surface area contributed by atoms with Crippen LogP contribution in [-0.2, 0) is 0 Å². The van der Waals surface area contributed by atoms with Gasteiger partial charge in [0.2, 0.25) is 0 Å². The van der Waals surface area contributed by atoms with E-state index < -0.39 is 23.5 Å². The van der Waals surface area contributed by atoms with E-state index in [0.29, 0.717) is 29.2 Å². The number of urea groups is 1. The highest BCUT2D eigenvalue weighted by Gasteiger charge is 2.61. The number of carbonyl (C=O) groups excluding carboxylic acids is 1. The summed E-state index contributed by atoms with van der Waals surface area (Å²) < 4.78 is 38.4. The molecule has 4 fully saturated rings. The fourth-order valence-electron chi connectivity index (χ4n) is 9.21. The number of rotatable bonds is 6. The third-order valence-corrected chi connectivity index (χ3v) is 11.3. The maximum absolute atomic E-state index is 12.2. The second-order valence-electron chi connectivity index (χ2n) is 12.2. The Morgan fingerprint density at radius 1 is 1.03 bits per heavy atom. The molecule has 0 aromatic carbocycles. The number of halogens is 3. The van der Waals surface area contributed by atoms with E-state index >= 15 is 0 Å². The van der Waals surface area contributed by atoms with E-state index in [1.807, 2.05) is 0 Å². The summed E-state index contributed by atoms with van der Waals surface area (Å²) in [6, 6.07) is -0.772. The molecule has 4 aliphatic carbocycles. The van der Waals surface area contributed by atoms with Crippen molar-refractivity contribution in [3.8, 4) is 0 Å². The van der Waals surface area contributed by atoms with Crippen molar-refractivity contribution >= 4 is 18.0 Å². The minimum atomic E-state index is -4.46. The molecule has 3 N–H and O–H groups in total. The molecule has 0 spiro atoms. The van der Waals surface area contributed by atoms with E-state index in [9.17, 15) is 23.1 Å². The predicted octanol–water partition coefficient (Wildman–Crippen LogP) is 6.89. The lowest BCUT2D eigenvalue weighted by molar-refractivity contribution is -0.150. The second kappa shape index (κ2) is 10.0. The van der Waals surface area contributed by atoms with Crippen LogP contribution >= 0.6 is 11.9 Å². The zero-order valence-corrected chi connectivity index (χ0v) is 21.7. The van der Waals surface area contributed by atoms with Crippen LogP contribution in [0.2, 0.25) is 0 Å². The number of hydrogen-bond donors (Lipinski definition) is 3. The molecule has 4 aliphatic rings. The molecule has 196 valence electrons. The number of aliphatic hydroxyl groups excluding tert-OH is 1. The van der Waals surface area contributed by atoms with E-state index in [1.165, 1.54) is 44.9 Å². The van der Waals surface area contributed by atoms with Crippen LogP contribution < -0.4 is 10.0 Å². The lowest BCUT2D eigenvalue weighted by atomic mass is 9.42. The molecule has 0 aromatic rings. The predicted molar refractivity (Wildman–Crippen MR) is 130 cm³/mol. The number of amides is 2. The van der Waals surface area contributed by atoms with E-state index in [-0.39, 0.29) is 6.10 Å². The van der Waals surface area contributed by atoms with Gasteiger partial charge in [0.25, 0.3) is 0 Å². The SMILES string of the molecule is CC[C@H]1CC2C3CC[C@H](CCCNC(=O)NSC(F)(F)F)C3(C)CC[C@@H]2C2(C)CC[C@@H](O)CC12. The molecule has 0 aliphatic heterocycles. The van der Waals surface area contributed by atoms with Gasteiger partial charge in [0.1, 0.15) is 0 Å². The average molecular weight is 505 g/mol. The van der Waals surface area contributed by atoms with Crippen molar-refractivity contribution in [2.24, 2.45) is 46.3 Å². The Morgan fingerprint density at radius 2 is 1.74 bits per heavy atom. The molecule has 4 saturated carbocycles. The smallest absolute Gasteiger partial charge is 0.393 e. The number of nitrogens with one attached hydrogen (secondary N) is 2. The minimum Gasteiger partial charge on any atom is -0.393 e. The van der Waals surface area contributed by atoms with Crippen molar-refractivity contribution in [1.82, 2.24) is 10.0 Å². The molecule has 34 heavy (non-hydrogen) atoms. The molecular weight excluding hydrogens is 461 g/mol. The van der Waals surface area contributed by atoms with Crippen LogP contribution in [0.1, 0.15) is 91.4 Å². The summed E-state index contributed by atoms with van der Waals surface area (Å²) in [6.07, 6.45) is 12.5. The normalized spacial score (nSPS) is 44.0. The largest absolute Gasteiger partial charge is 0.461 e. The first-order valence-electron chi connectivity index (χ1n) is 13.4. The molecule has 2 amide bonds. The first-order valence-corrected chi connectivity index (χ1v) is 14.3. The molecular formula is C26H43F3N2O2S. The van der Waals surface area contributed by atoms with Crippen molar-refractivity contribution in [3.63, 3.8) is 0 Å². The van der Waals surface area contributed by atoms with Crippen LogP contribution in [0.4, 0.5) is 18.0 Å². The molecule has 8 heteroatoms. The topological polar surface area (TPSA) is 61.4 Å². The Bertz CT molecular complexity index is 737. The van der Waals surface area contributed by atoms with Gasteiger partial charge in [0.05, 0.1) is 18.1 Å². The maximum atomic E-state index is 12.2. The molecule has 5 unspecified atom stereocenters. The van der Waals surface area contributed by atoms with Gasteiger partial charge in [-0.2, -0.15) is 13.2 Å². The van der Waals surface area contributed by atoms with Crippen LogP contribution in [0, 0.1) is 46.3 Å². The number of carbonyl (C=O) groups is 1. The first kappa shape index (κ1) is 26.4. The van der Waals surface area contributed by atoms with Crippen LogP contribution in [0.3, 0.4) is 0 Å². The van der Waals surface area contributed by atoms with Gasteiger partial charge in [-0.1, -0.05) is 27.2 Å².